The van der Waals surface area contributed by atoms with Crippen molar-refractivity contribution in [2.45, 2.75) is 45.2 Å². The van der Waals surface area contributed by atoms with E-state index in [1.165, 1.54) is 17.8 Å². The fourth-order valence-corrected chi connectivity index (χ4v) is 3.93. The van der Waals surface area contributed by atoms with Crippen LogP contribution in [0.15, 0.2) is 29.8 Å². The molecule has 1 aliphatic carbocycles. The monoisotopic (exact) mass is 367 g/mol. The van der Waals surface area contributed by atoms with Gasteiger partial charge in [-0.15, -0.1) is 11.3 Å². The minimum absolute atomic E-state index is 0.0601. The van der Waals surface area contributed by atoms with Gasteiger partial charge in [0.1, 0.15) is 0 Å². The Bertz CT molecular complexity index is 936. The molecule has 2 N–H and O–H groups in total. The Labute approximate surface area is 156 Å². The van der Waals surface area contributed by atoms with Gasteiger partial charge in [0.15, 0.2) is 5.69 Å². The number of rotatable bonds is 5. The third-order valence-electron chi connectivity index (χ3n) is 4.73. The van der Waals surface area contributed by atoms with E-state index in [4.69, 9.17) is 0 Å². The predicted octanol–water partition coefficient (Wildman–Crippen LogP) is 3.85. The highest BCUT2D eigenvalue weighted by Crippen LogP contribution is 2.29. The quantitative estimate of drug-likeness (QED) is 0.716. The Morgan fingerprint density at radius 3 is 2.85 bits per heavy atom. The van der Waals surface area contributed by atoms with E-state index in [9.17, 15) is 4.79 Å². The van der Waals surface area contributed by atoms with Gasteiger partial charge in [-0.2, -0.15) is 0 Å². The molecule has 6 nitrogen and oxygen atoms in total. The fraction of sp³-hybridized carbons (Fsp3) is 0.368. The summed E-state index contributed by atoms with van der Waals surface area (Å²) in [5.41, 5.74) is 3.24. The summed E-state index contributed by atoms with van der Waals surface area (Å²) in [5.74, 6) is 0.341. The van der Waals surface area contributed by atoms with E-state index in [1.807, 2.05) is 37.4 Å². The fourth-order valence-electron chi connectivity index (χ4n) is 2.96. The zero-order chi connectivity index (χ0) is 18.1. The Hall–Kier alpha value is -2.54. The van der Waals surface area contributed by atoms with Crippen LogP contribution in [-0.4, -0.2) is 26.9 Å². The molecule has 26 heavy (non-hydrogen) atoms. The van der Waals surface area contributed by atoms with E-state index >= 15 is 0 Å². The maximum absolute atomic E-state index is 12.7. The van der Waals surface area contributed by atoms with Crippen molar-refractivity contribution in [1.29, 1.82) is 0 Å². The van der Waals surface area contributed by atoms with Crippen LogP contribution in [0.5, 0.6) is 0 Å². The van der Waals surface area contributed by atoms with Gasteiger partial charge in [0, 0.05) is 12.2 Å². The van der Waals surface area contributed by atoms with Crippen molar-refractivity contribution in [1.82, 2.24) is 20.3 Å². The molecular weight excluding hydrogens is 346 g/mol. The van der Waals surface area contributed by atoms with E-state index in [0.29, 0.717) is 11.6 Å². The molecule has 1 saturated carbocycles. The molecule has 7 heteroatoms. The Morgan fingerprint density at radius 1 is 1.31 bits per heavy atom. The first-order valence-corrected chi connectivity index (χ1v) is 9.74. The zero-order valence-corrected chi connectivity index (χ0v) is 15.6. The molecule has 4 rings (SSSR count). The summed E-state index contributed by atoms with van der Waals surface area (Å²) in [6, 6.07) is 6.00. The van der Waals surface area contributed by atoms with Crippen molar-refractivity contribution < 1.29 is 4.79 Å². The van der Waals surface area contributed by atoms with Crippen LogP contribution in [0.3, 0.4) is 0 Å². The maximum atomic E-state index is 12.7. The van der Waals surface area contributed by atoms with Crippen LogP contribution in [0.4, 0.5) is 5.95 Å². The highest BCUT2D eigenvalue weighted by Gasteiger charge is 2.24. The number of pyridine rings is 1. The summed E-state index contributed by atoms with van der Waals surface area (Å²) in [5, 5.41) is 8.39. The number of carbonyl (C=O) groups is 1. The van der Waals surface area contributed by atoms with Gasteiger partial charge in [0.2, 0.25) is 5.95 Å². The molecule has 3 heterocycles. The number of aromatic nitrogens is 3. The lowest BCUT2D eigenvalue weighted by Crippen LogP contribution is -2.39. The molecule has 0 aliphatic heterocycles. The molecule has 0 spiro atoms. The third-order valence-corrected chi connectivity index (χ3v) is 5.82. The van der Waals surface area contributed by atoms with Crippen molar-refractivity contribution >= 4 is 33.4 Å². The van der Waals surface area contributed by atoms with Crippen LogP contribution in [0, 0.1) is 6.92 Å². The Morgan fingerprint density at radius 2 is 2.15 bits per heavy atom. The van der Waals surface area contributed by atoms with Gasteiger partial charge in [-0.3, -0.25) is 9.78 Å². The van der Waals surface area contributed by atoms with Crippen LogP contribution in [0.2, 0.25) is 0 Å². The molecule has 1 atom stereocenters. The first-order chi connectivity index (χ1) is 12.6. The van der Waals surface area contributed by atoms with Gasteiger partial charge >= 0.3 is 0 Å². The van der Waals surface area contributed by atoms with Gasteiger partial charge in [0.05, 0.1) is 22.0 Å². The first-order valence-electron chi connectivity index (χ1n) is 8.86. The molecule has 1 aliphatic rings. The summed E-state index contributed by atoms with van der Waals surface area (Å²) in [4.78, 5) is 26.3. The largest absolute Gasteiger partial charge is 0.348 e. The molecule has 0 aromatic carbocycles. The van der Waals surface area contributed by atoms with Crippen molar-refractivity contribution in [2.75, 3.05) is 5.32 Å². The number of thiophene rings is 1. The van der Waals surface area contributed by atoms with Crippen molar-refractivity contribution in [3.05, 3.63) is 46.7 Å². The molecule has 1 unspecified atom stereocenters. The standard InChI is InChI=1S/C19H21N5OS/c1-11-10-26-17-15(11)23-19(21-12(2)14-8-3-4-9-20-14)24-16(17)18(25)22-13-6-5-7-13/h3-4,8-10,12-13H,5-7H2,1-2H3,(H,22,25)(H,21,23,24). The van der Waals surface area contributed by atoms with E-state index in [0.717, 1.165) is 34.3 Å². The van der Waals surface area contributed by atoms with E-state index in [2.05, 4.69) is 25.6 Å². The van der Waals surface area contributed by atoms with Crippen molar-refractivity contribution in [2.24, 2.45) is 0 Å². The first kappa shape index (κ1) is 16.9. The number of hydrogen-bond donors (Lipinski definition) is 2. The SMILES string of the molecule is Cc1csc2c(C(=O)NC3CCC3)nc(NC(C)c3ccccn3)nc12. The average molecular weight is 367 g/mol. The molecular formula is C19H21N5OS. The minimum Gasteiger partial charge on any atom is -0.348 e. The topological polar surface area (TPSA) is 79.8 Å². The summed E-state index contributed by atoms with van der Waals surface area (Å²) in [7, 11) is 0. The number of amides is 1. The number of anilines is 1. The predicted molar refractivity (Wildman–Crippen MR) is 104 cm³/mol. The third kappa shape index (κ3) is 3.26. The lowest BCUT2D eigenvalue weighted by atomic mass is 9.93. The van der Waals surface area contributed by atoms with Crippen LogP contribution in [0.1, 0.15) is 54.0 Å². The van der Waals surface area contributed by atoms with Crippen LogP contribution < -0.4 is 10.6 Å². The summed E-state index contributed by atoms with van der Waals surface area (Å²) in [6.07, 6.45) is 5.03. The number of carbonyl (C=O) groups excluding carboxylic acids is 1. The number of hydrogen-bond acceptors (Lipinski definition) is 6. The van der Waals surface area contributed by atoms with Crippen molar-refractivity contribution in [3.8, 4) is 0 Å². The number of aryl methyl sites for hydroxylation is 1. The number of nitrogens with one attached hydrogen (secondary N) is 2. The van der Waals surface area contributed by atoms with E-state index in [1.54, 1.807) is 6.20 Å². The van der Waals surface area contributed by atoms with E-state index < -0.39 is 0 Å². The second-order valence-corrected chi connectivity index (χ2v) is 7.59. The zero-order valence-electron chi connectivity index (χ0n) is 14.8. The van der Waals surface area contributed by atoms with Gasteiger partial charge in [0.25, 0.3) is 5.91 Å². The molecule has 1 amide bonds. The molecule has 3 aromatic rings. The average Bonchev–Trinajstić information content (AvgIpc) is 2.99. The van der Waals surface area contributed by atoms with Gasteiger partial charge in [-0.05, 0) is 56.2 Å². The van der Waals surface area contributed by atoms with Crippen LogP contribution in [0.25, 0.3) is 10.2 Å². The second-order valence-electron chi connectivity index (χ2n) is 6.71. The lowest BCUT2D eigenvalue weighted by molar-refractivity contribution is 0.0914. The van der Waals surface area contributed by atoms with Crippen LogP contribution in [-0.2, 0) is 0 Å². The smallest absolute Gasteiger partial charge is 0.271 e. The number of fused-ring (bicyclic) bond motifs is 1. The molecule has 134 valence electrons. The Kier molecular flexibility index (Phi) is 4.55. The highest BCUT2D eigenvalue weighted by atomic mass is 32.1. The molecule has 0 radical (unpaired) electrons. The minimum atomic E-state index is -0.113. The number of nitrogens with zero attached hydrogens (tertiary/aromatic N) is 3. The van der Waals surface area contributed by atoms with Gasteiger partial charge < -0.3 is 10.6 Å². The maximum Gasteiger partial charge on any atom is 0.271 e. The summed E-state index contributed by atoms with van der Waals surface area (Å²) < 4.78 is 0.843. The summed E-state index contributed by atoms with van der Waals surface area (Å²) in [6.45, 7) is 4.01. The van der Waals surface area contributed by atoms with Gasteiger partial charge in [-0.1, -0.05) is 6.07 Å². The molecule has 3 aromatic heterocycles. The second kappa shape index (κ2) is 6.99. The van der Waals surface area contributed by atoms with Gasteiger partial charge in [-0.25, -0.2) is 9.97 Å². The molecule has 1 fully saturated rings. The highest BCUT2D eigenvalue weighted by molar-refractivity contribution is 7.17. The van der Waals surface area contributed by atoms with E-state index in [-0.39, 0.29) is 18.0 Å². The summed E-state index contributed by atoms with van der Waals surface area (Å²) >= 11 is 1.52. The normalized spacial score (nSPS) is 15.5. The molecule has 0 bridgehead atoms. The van der Waals surface area contributed by atoms with Crippen molar-refractivity contribution in [3.63, 3.8) is 0 Å². The lowest BCUT2D eigenvalue weighted by Gasteiger charge is -2.26. The van der Waals surface area contributed by atoms with Crippen LogP contribution >= 0.6 is 11.3 Å². The molecule has 0 saturated heterocycles. The Balaban J connectivity index is 1.66.